The quantitative estimate of drug-likeness (QED) is 0.825. The van der Waals surface area contributed by atoms with E-state index >= 15 is 0 Å². The Balaban J connectivity index is 2.06. The fraction of sp³-hybridized carbons (Fsp3) is 0.529. The van der Waals surface area contributed by atoms with Crippen molar-refractivity contribution >= 4 is 6.08 Å². The molecule has 0 aliphatic carbocycles. The molecule has 1 aliphatic heterocycles. The van der Waals surface area contributed by atoms with Gasteiger partial charge in [-0.05, 0) is 38.6 Å². The number of hydrogen-bond acceptors (Lipinski definition) is 3. The van der Waals surface area contributed by atoms with Gasteiger partial charge in [0.25, 0.3) is 0 Å². The minimum absolute atomic E-state index is 0.0111. The molecule has 0 bridgehead atoms. The molecule has 1 atom stereocenters. The van der Waals surface area contributed by atoms with E-state index in [9.17, 15) is 0 Å². The number of likely N-dealkylation sites (N-methyl/N-ethyl adjacent to an activating group) is 1. The monoisotopic (exact) mass is 274 g/mol. The molecule has 1 aromatic carbocycles. The Labute approximate surface area is 122 Å². The molecule has 3 heteroatoms. The maximum absolute atomic E-state index is 6.04. The topological polar surface area (TPSA) is 24.5 Å². The minimum atomic E-state index is -0.0111. The third-order valence-electron chi connectivity index (χ3n) is 3.55. The van der Waals surface area contributed by atoms with Crippen molar-refractivity contribution < 1.29 is 4.74 Å². The maximum Gasteiger partial charge on any atom is 0.154 e. The Morgan fingerprint density at radius 1 is 1.25 bits per heavy atom. The first-order chi connectivity index (χ1) is 9.70. The Kier molecular flexibility index (Phi) is 5.62. The number of hydrogen-bond donors (Lipinski definition) is 1. The zero-order valence-electron chi connectivity index (χ0n) is 12.9. The summed E-state index contributed by atoms with van der Waals surface area (Å²) < 4.78 is 6.04. The normalized spacial score (nSPS) is 17.6. The van der Waals surface area contributed by atoms with E-state index in [0.717, 1.165) is 19.6 Å². The molecule has 2 rings (SSSR count). The summed E-state index contributed by atoms with van der Waals surface area (Å²) in [4.78, 5) is 2.14. The van der Waals surface area contributed by atoms with Gasteiger partial charge in [-0.2, -0.15) is 0 Å². The van der Waals surface area contributed by atoms with Gasteiger partial charge in [0, 0.05) is 17.8 Å². The van der Waals surface area contributed by atoms with Gasteiger partial charge in [-0.1, -0.05) is 37.6 Å². The van der Waals surface area contributed by atoms with Crippen LogP contribution in [0.25, 0.3) is 6.08 Å². The molecule has 0 radical (unpaired) electrons. The molecule has 20 heavy (non-hydrogen) atoms. The maximum atomic E-state index is 6.04. The van der Waals surface area contributed by atoms with Crippen LogP contribution in [0.3, 0.4) is 0 Å². The lowest BCUT2D eigenvalue weighted by Gasteiger charge is -2.28. The highest BCUT2D eigenvalue weighted by Crippen LogP contribution is 2.28. The van der Waals surface area contributed by atoms with Crippen molar-refractivity contribution in [3.8, 4) is 0 Å². The number of allylic oxidation sites excluding steroid dienone is 1. The van der Waals surface area contributed by atoms with E-state index in [1.165, 1.54) is 29.7 Å². The fourth-order valence-corrected chi connectivity index (χ4v) is 2.35. The van der Waals surface area contributed by atoms with Crippen molar-refractivity contribution in [2.75, 3.05) is 27.2 Å². The molecule has 1 heterocycles. The highest BCUT2D eigenvalue weighted by Gasteiger charge is 2.20. The van der Waals surface area contributed by atoms with E-state index < -0.39 is 0 Å². The van der Waals surface area contributed by atoms with Crippen LogP contribution in [0.2, 0.25) is 0 Å². The smallest absolute Gasteiger partial charge is 0.154 e. The number of ether oxygens (including phenoxy) is 1. The number of unbranched alkanes of at least 4 members (excludes halogenated alkanes) is 1. The average molecular weight is 274 g/mol. The van der Waals surface area contributed by atoms with Crippen molar-refractivity contribution in [3.05, 3.63) is 41.1 Å². The van der Waals surface area contributed by atoms with Crippen LogP contribution in [-0.2, 0) is 4.74 Å². The first-order valence-electron chi connectivity index (χ1n) is 7.53. The number of nitrogens with one attached hydrogen (secondary N) is 1. The van der Waals surface area contributed by atoms with Crippen LogP contribution in [0.5, 0.6) is 0 Å². The van der Waals surface area contributed by atoms with Crippen LogP contribution in [-0.4, -0.2) is 32.1 Å². The molecule has 0 fully saturated rings. The van der Waals surface area contributed by atoms with Crippen LogP contribution in [0.15, 0.2) is 30.0 Å². The summed E-state index contributed by atoms with van der Waals surface area (Å²) in [7, 11) is 4.14. The highest BCUT2D eigenvalue weighted by atomic mass is 16.5. The molecule has 0 saturated carbocycles. The molecular weight excluding hydrogens is 248 g/mol. The zero-order chi connectivity index (χ0) is 14.4. The second-order valence-corrected chi connectivity index (χ2v) is 5.60. The van der Waals surface area contributed by atoms with Crippen molar-refractivity contribution in [3.63, 3.8) is 0 Å². The number of fused-ring (bicyclic) bond motifs is 1. The van der Waals surface area contributed by atoms with E-state index in [0.29, 0.717) is 0 Å². The van der Waals surface area contributed by atoms with E-state index in [2.05, 4.69) is 61.6 Å². The molecular formula is C17H26N2O. The molecule has 110 valence electrons. The van der Waals surface area contributed by atoms with Gasteiger partial charge in [0.1, 0.15) is 0 Å². The van der Waals surface area contributed by atoms with Gasteiger partial charge in [0.05, 0.1) is 6.61 Å². The predicted octanol–water partition coefficient (Wildman–Crippen LogP) is 3.40. The van der Waals surface area contributed by atoms with Gasteiger partial charge in [0.2, 0.25) is 0 Å². The second-order valence-electron chi connectivity index (χ2n) is 5.60. The summed E-state index contributed by atoms with van der Waals surface area (Å²) in [6, 6.07) is 8.49. The van der Waals surface area contributed by atoms with Crippen molar-refractivity contribution in [1.29, 1.82) is 0 Å². The summed E-state index contributed by atoms with van der Waals surface area (Å²) in [5, 5.41) is 3.54. The standard InChI is InChI=1S/C17H26N2O/c1-4-5-9-15-13-14-8-6-7-10-16(14)17(18-15)20-12-11-19(2)3/h6-8,10,13,17-18H,4-5,9,11-12H2,1-3H3. The fourth-order valence-electron chi connectivity index (χ4n) is 2.35. The lowest BCUT2D eigenvalue weighted by atomic mass is 9.99. The average Bonchev–Trinajstić information content (AvgIpc) is 2.44. The zero-order valence-corrected chi connectivity index (χ0v) is 12.9. The van der Waals surface area contributed by atoms with Gasteiger partial charge >= 0.3 is 0 Å². The van der Waals surface area contributed by atoms with E-state index in [1.807, 2.05) is 0 Å². The third kappa shape index (κ3) is 4.09. The van der Waals surface area contributed by atoms with Gasteiger partial charge in [-0.25, -0.2) is 0 Å². The minimum Gasteiger partial charge on any atom is -0.360 e. The number of rotatable bonds is 7. The molecule has 0 aromatic heterocycles. The highest BCUT2D eigenvalue weighted by molar-refractivity contribution is 5.59. The van der Waals surface area contributed by atoms with Crippen molar-refractivity contribution in [1.82, 2.24) is 10.2 Å². The SMILES string of the molecule is CCCCC1=Cc2ccccc2C(OCCN(C)C)N1. The van der Waals surface area contributed by atoms with Gasteiger partial charge in [0.15, 0.2) is 6.23 Å². The second kappa shape index (κ2) is 7.46. The summed E-state index contributed by atoms with van der Waals surface area (Å²) in [6.45, 7) is 3.90. The van der Waals surface area contributed by atoms with E-state index in [-0.39, 0.29) is 6.23 Å². The first kappa shape index (κ1) is 15.1. The lowest BCUT2D eigenvalue weighted by Crippen LogP contribution is -2.29. The van der Waals surface area contributed by atoms with Crippen molar-refractivity contribution in [2.45, 2.75) is 32.4 Å². The number of nitrogens with zero attached hydrogens (tertiary/aromatic N) is 1. The summed E-state index contributed by atoms with van der Waals surface area (Å²) in [6.07, 6.45) is 5.77. The summed E-state index contributed by atoms with van der Waals surface area (Å²) >= 11 is 0. The third-order valence-corrected chi connectivity index (χ3v) is 3.55. The van der Waals surface area contributed by atoms with Crippen molar-refractivity contribution in [2.24, 2.45) is 0 Å². The van der Waals surface area contributed by atoms with E-state index in [1.54, 1.807) is 0 Å². The summed E-state index contributed by atoms with van der Waals surface area (Å²) in [5.41, 5.74) is 3.82. The van der Waals surface area contributed by atoms with Crippen LogP contribution in [0.4, 0.5) is 0 Å². The van der Waals surface area contributed by atoms with Crippen LogP contribution >= 0.6 is 0 Å². The Morgan fingerprint density at radius 3 is 2.80 bits per heavy atom. The molecule has 0 amide bonds. The molecule has 1 N–H and O–H groups in total. The van der Waals surface area contributed by atoms with Crippen LogP contribution in [0.1, 0.15) is 43.5 Å². The molecule has 1 unspecified atom stereocenters. The van der Waals surface area contributed by atoms with Crippen LogP contribution < -0.4 is 5.32 Å². The lowest BCUT2D eigenvalue weighted by molar-refractivity contribution is 0.0259. The number of benzene rings is 1. The van der Waals surface area contributed by atoms with Gasteiger partial charge < -0.3 is 15.0 Å². The van der Waals surface area contributed by atoms with Gasteiger partial charge in [-0.3, -0.25) is 0 Å². The molecule has 0 spiro atoms. The van der Waals surface area contributed by atoms with Gasteiger partial charge in [-0.15, -0.1) is 0 Å². The largest absolute Gasteiger partial charge is 0.360 e. The Morgan fingerprint density at radius 2 is 2.05 bits per heavy atom. The predicted molar refractivity (Wildman–Crippen MR) is 84.3 cm³/mol. The van der Waals surface area contributed by atoms with E-state index in [4.69, 9.17) is 4.74 Å². The van der Waals surface area contributed by atoms with Crippen LogP contribution in [0, 0.1) is 0 Å². The molecule has 0 saturated heterocycles. The molecule has 1 aromatic rings. The Bertz CT molecular complexity index is 454. The summed E-state index contributed by atoms with van der Waals surface area (Å²) in [5.74, 6) is 0. The Hall–Kier alpha value is -1.32. The first-order valence-corrected chi connectivity index (χ1v) is 7.53. The molecule has 3 nitrogen and oxygen atoms in total. The molecule has 1 aliphatic rings.